The second-order valence-electron chi connectivity index (χ2n) is 7.55. The Balaban J connectivity index is 0.00000289. The van der Waals surface area contributed by atoms with E-state index in [1.54, 1.807) is 7.05 Å². The minimum atomic E-state index is 0. The van der Waals surface area contributed by atoms with E-state index < -0.39 is 0 Å². The highest BCUT2D eigenvalue weighted by Gasteiger charge is 2.21. The van der Waals surface area contributed by atoms with Gasteiger partial charge in [0.15, 0.2) is 5.96 Å². The molecule has 0 bridgehead atoms. The monoisotopic (exact) mass is 566 g/mol. The molecule has 0 fully saturated rings. The first-order valence-corrected chi connectivity index (χ1v) is 10.8. The second kappa shape index (κ2) is 11.5. The molecule has 1 unspecified atom stereocenters. The Bertz CT molecular complexity index is 1070. The number of hydrogen-bond donors (Lipinski definition) is 2. The number of rotatable bonds is 6. The van der Waals surface area contributed by atoms with Crippen LogP contribution in [0.5, 0.6) is 5.75 Å². The summed E-state index contributed by atoms with van der Waals surface area (Å²) >= 11 is 6.21. The molecule has 0 amide bonds. The Morgan fingerprint density at radius 3 is 2.72 bits per heavy atom. The number of aliphatic imine (C=N–C) groups is 1. The first-order chi connectivity index (χ1) is 15.1. The Labute approximate surface area is 210 Å². The lowest BCUT2D eigenvalue weighted by Gasteiger charge is -2.25. The van der Waals surface area contributed by atoms with E-state index >= 15 is 0 Å². The van der Waals surface area contributed by atoms with Crippen molar-refractivity contribution in [2.24, 2.45) is 4.99 Å². The third kappa shape index (κ3) is 6.13. The van der Waals surface area contributed by atoms with E-state index in [-0.39, 0.29) is 30.0 Å². The van der Waals surface area contributed by atoms with Crippen molar-refractivity contribution in [3.63, 3.8) is 0 Å². The summed E-state index contributed by atoms with van der Waals surface area (Å²) in [6, 6.07) is 16.0. The van der Waals surface area contributed by atoms with Crippen LogP contribution in [0.2, 0.25) is 5.02 Å². The van der Waals surface area contributed by atoms with E-state index in [9.17, 15) is 0 Å². The first kappa shape index (κ1) is 24.3. The number of benzene rings is 2. The van der Waals surface area contributed by atoms with Gasteiger partial charge in [0.25, 0.3) is 0 Å². The van der Waals surface area contributed by atoms with Crippen LogP contribution in [0.15, 0.2) is 53.5 Å². The summed E-state index contributed by atoms with van der Waals surface area (Å²) in [5.41, 5.74) is 2.25. The standard InChI is InChI=1S/C23H27ClN6O.HI/c1-16-27-22-12-11-19(14-30(22)29-16)28-23(25-2)26-13-17-7-3-4-8-18(17)15-31-21-10-6-5-9-20(21)24;/h3-10,19H,11-15H2,1-2H3,(H2,25,26,28);1H. The van der Waals surface area contributed by atoms with Crippen molar-refractivity contribution in [1.82, 2.24) is 25.4 Å². The van der Waals surface area contributed by atoms with Gasteiger partial charge in [-0.25, -0.2) is 9.67 Å². The normalized spacial score (nSPS) is 15.5. The van der Waals surface area contributed by atoms with Crippen LogP contribution in [0, 0.1) is 6.92 Å². The lowest BCUT2D eigenvalue weighted by Crippen LogP contribution is -2.46. The summed E-state index contributed by atoms with van der Waals surface area (Å²) in [5, 5.41) is 12.0. The molecule has 2 N–H and O–H groups in total. The van der Waals surface area contributed by atoms with Crippen LogP contribution in [0.25, 0.3) is 0 Å². The maximum Gasteiger partial charge on any atom is 0.191 e. The van der Waals surface area contributed by atoms with Gasteiger partial charge in [-0.15, -0.1) is 24.0 Å². The molecule has 170 valence electrons. The highest BCUT2D eigenvalue weighted by Crippen LogP contribution is 2.24. The van der Waals surface area contributed by atoms with E-state index in [4.69, 9.17) is 16.3 Å². The number of halogens is 2. The van der Waals surface area contributed by atoms with Crippen molar-refractivity contribution < 1.29 is 4.74 Å². The molecule has 1 atom stereocenters. The molecule has 0 saturated carbocycles. The zero-order valence-corrected chi connectivity index (χ0v) is 21.3. The summed E-state index contributed by atoms with van der Waals surface area (Å²) in [5.74, 6) is 3.34. The largest absolute Gasteiger partial charge is 0.487 e. The molecule has 0 radical (unpaired) electrons. The molecule has 7 nitrogen and oxygen atoms in total. The SMILES string of the molecule is CN=C(NCc1ccccc1COc1ccccc1Cl)NC1CCc2nc(C)nn2C1.I. The van der Waals surface area contributed by atoms with E-state index in [1.807, 2.05) is 48.0 Å². The number of aryl methyl sites for hydroxylation is 2. The quantitative estimate of drug-likeness (QED) is 0.267. The molecule has 1 aromatic heterocycles. The molecule has 0 saturated heterocycles. The van der Waals surface area contributed by atoms with Gasteiger partial charge >= 0.3 is 0 Å². The number of nitrogens with zero attached hydrogens (tertiary/aromatic N) is 4. The summed E-state index contributed by atoms with van der Waals surface area (Å²) in [6.45, 7) is 3.81. The third-order valence-electron chi connectivity index (χ3n) is 5.31. The highest BCUT2D eigenvalue weighted by molar-refractivity contribution is 14.0. The summed E-state index contributed by atoms with van der Waals surface area (Å²) in [4.78, 5) is 8.87. The van der Waals surface area contributed by atoms with E-state index in [2.05, 4.69) is 37.8 Å². The van der Waals surface area contributed by atoms with Crippen LogP contribution < -0.4 is 15.4 Å². The second-order valence-corrected chi connectivity index (χ2v) is 7.96. The fraction of sp³-hybridized carbons (Fsp3) is 0.348. The predicted octanol–water partition coefficient (Wildman–Crippen LogP) is 4.12. The van der Waals surface area contributed by atoms with Gasteiger partial charge in [0.05, 0.1) is 11.6 Å². The molecule has 1 aliphatic heterocycles. The fourth-order valence-electron chi connectivity index (χ4n) is 3.71. The number of aromatic nitrogens is 3. The Morgan fingerprint density at radius 1 is 1.19 bits per heavy atom. The number of para-hydroxylation sites is 1. The van der Waals surface area contributed by atoms with Crippen molar-refractivity contribution in [2.45, 2.75) is 45.5 Å². The van der Waals surface area contributed by atoms with Crippen molar-refractivity contribution in [1.29, 1.82) is 0 Å². The number of ether oxygens (including phenoxy) is 1. The molecule has 0 spiro atoms. The van der Waals surface area contributed by atoms with Crippen LogP contribution >= 0.6 is 35.6 Å². The number of nitrogens with one attached hydrogen (secondary N) is 2. The number of fused-ring (bicyclic) bond motifs is 1. The van der Waals surface area contributed by atoms with Crippen molar-refractivity contribution in [3.05, 3.63) is 76.3 Å². The number of hydrogen-bond acceptors (Lipinski definition) is 4. The van der Waals surface area contributed by atoms with Crippen LogP contribution in [0.1, 0.15) is 29.2 Å². The minimum absolute atomic E-state index is 0. The van der Waals surface area contributed by atoms with Crippen LogP contribution in [-0.2, 0) is 26.1 Å². The predicted molar refractivity (Wildman–Crippen MR) is 138 cm³/mol. The number of guanidine groups is 1. The first-order valence-electron chi connectivity index (χ1n) is 10.4. The lowest BCUT2D eigenvalue weighted by atomic mass is 10.1. The van der Waals surface area contributed by atoms with Crippen molar-refractivity contribution in [3.8, 4) is 5.75 Å². The van der Waals surface area contributed by atoms with Gasteiger partial charge in [-0.05, 0) is 36.6 Å². The van der Waals surface area contributed by atoms with Crippen molar-refractivity contribution in [2.75, 3.05) is 7.05 Å². The van der Waals surface area contributed by atoms with Gasteiger partial charge < -0.3 is 15.4 Å². The molecule has 9 heteroatoms. The zero-order chi connectivity index (χ0) is 21.6. The molecule has 1 aliphatic rings. The van der Waals surface area contributed by atoms with Gasteiger partial charge in [-0.1, -0.05) is 48.0 Å². The Hall–Kier alpha value is -2.33. The van der Waals surface area contributed by atoms with E-state index in [0.717, 1.165) is 48.1 Å². The minimum Gasteiger partial charge on any atom is -0.487 e. The van der Waals surface area contributed by atoms with Crippen LogP contribution in [0.4, 0.5) is 0 Å². The third-order valence-corrected chi connectivity index (χ3v) is 5.63. The molecular weight excluding hydrogens is 539 g/mol. The zero-order valence-electron chi connectivity index (χ0n) is 18.2. The van der Waals surface area contributed by atoms with Crippen LogP contribution in [0.3, 0.4) is 0 Å². The molecule has 0 aliphatic carbocycles. The average Bonchev–Trinajstić information content (AvgIpc) is 3.16. The topological polar surface area (TPSA) is 76.4 Å². The Morgan fingerprint density at radius 2 is 1.94 bits per heavy atom. The average molecular weight is 567 g/mol. The maximum atomic E-state index is 6.21. The smallest absolute Gasteiger partial charge is 0.191 e. The summed E-state index contributed by atoms with van der Waals surface area (Å²) in [6.07, 6.45) is 1.92. The summed E-state index contributed by atoms with van der Waals surface area (Å²) < 4.78 is 7.92. The van der Waals surface area contributed by atoms with Gasteiger partial charge in [0.2, 0.25) is 0 Å². The molecule has 3 aromatic rings. The maximum absolute atomic E-state index is 6.21. The van der Waals surface area contributed by atoms with Crippen LogP contribution in [-0.4, -0.2) is 33.8 Å². The lowest BCUT2D eigenvalue weighted by molar-refractivity contribution is 0.305. The highest BCUT2D eigenvalue weighted by atomic mass is 127. The molecular formula is C23H28ClIN6O. The molecule has 32 heavy (non-hydrogen) atoms. The molecule has 2 aromatic carbocycles. The Kier molecular flexibility index (Phi) is 8.75. The fourth-order valence-corrected chi connectivity index (χ4v) is 3.90. The molecule has 4 rings (SSSR count). The van der Waals surface area contributed by atoms with E-state index in [0.29, 0.717) is 23.9 Å². The van der Waals surface area contributed by atoms with Gasteiger partial charge in [-0.2, -0.15) is 5.10 Å². The molecule has 2 heterocycles. The van der Waals surface area contributed by atoms with Gasteiger partial charge in [0, 0.05) is 26.1 Å². The van der Waals surface area contributed by atoms with Gasteiger partial charge in [-0.3, -0.25) is 4.99 Å². The van der Waals surface area contributed by atoms with Crippen molar-refractivity contribution >= 4 is 41.5 Å². The van der Waals surface area contributed by atoms with E-state index in [1.165, 1.54) is 0 Å². The van der Waals surface area contributed by atoms with Gasteiger partial charge in [0.1, 0.15) is 24.0 Å². The summed E-state index contributed by atoms with van der Waals surface area (Å²) in [7, 11) is 1.79.